The van der Waals surface area contributed by atoms with Gasteiger partial charge in [0.15, 0.2) is 0 Å². The van der Waals surface area contributed by atoms with Crippen molar-refractivity contribution in [1.29, 1.82) is 0 Å². The van der Waals surface area contributed by atoms with Crippen molar-refractivity contribution in [2.45, 2.75) is 24.5 Å². The molecule has 0 N–H and O–H groups in total. The van der Waals surface area contributed by atoms with Crippen LogP contribution in [-0.2, 0) is 23.6 Å². The highest BCUT2D eigenvalue weighted by Crippen LogP contribution is 2.16. The molecule has 102 valence electrons. The molecule has 1 atom stereocenters. The highest BCUT2D eigenvalue weighted by Gasteiger charge is 2.11. The number of rotatable bonds is 5. The first kappa shape index (κ1) is 13.7. The van der Waals surface area contributed by atoms with E-state index in [1.54, 1.807) is 0 Å². The monoisotopic (exact) mass is 279 g/mol. The minimum absolute atomic E-state index is 0.366. The van der Waals surface area contributed by atoms with Crippen molar-refractivity contribution in [2.75, 3.05) is 6.61 Å². The first-order valence-corrected chi connectivity index (χ1v) is 7.39. The Morgan fingerprint density at radius 2 is 1.95 bits per heavy atom. The maximum Gasteiger partial charge on any atom is 0.145 e. The van der Waals surface area contributed by atoms with Gasteiger partial charge < -0.3 is 9.30 Å². The summed E-state index contributed by atoms with van der Waals surface area (Å²) >= 11 is 0. The van der Waals surface area contributed by atoms with E-state index >= 15 is 0 Å². The Kier molecular flexibility index (Phi) is 4.31. The van der Waals surface area contributed by atoms with Crippen molar-refractivity contribution in [2.24, 2.45) is 7.05 Å². The number of nitrogens with zero attached hydrogens (tertiary/aromatic N) is 3. The fourth-order valence-corrected chi connectivity index (χ4v) is 2.72. The lowest BCUT2D eigenvalue weighted by Gasteiger charge is -2.05. The van der Waals surface area contributed by atoms with Crippen molar-refractivity contribution in [1.82, 2.24) is 14.8 Å². The van der Waals surface area contributed by atoms with Gasteiger partial charge in [-0.2, -0.15) is 0 Å². The SMILES string of the molecule is CCOc1ccc(S(=O)Cc2nnc(C)n2C)cc1. The molecule has 0 aliphatic rings. The lowest BCUT2D eigenvalue weighted by atomic mass is 10.3. The summed E-state index contributed by atoms with van der Waals surface area (Å²) in [4.78, 5) is 0.768. The molecule has 6 heteroatoms. The summed E-state index contributed by atoms with van der Waals surface area (Å²) in [7, 11) is 0.753. The predicted octanol–water partition coefficient (Wildman–Crippen LogP) is 1.83. The van der Waals surface area contributed by atoms with Crippen LogP contribution in [0, 0.1) is 6.92 Å². The third-order valence-corrected chi connectivity index (χ3v) is 4.16. The van der Waals surface area contributed by atoms with Crippen LogP contribution < -0.4 is 4.74 Å². The number of ether oxygens (including phenoxy) is 1. The minimum atomic E-state index is -1.12. The van der Waals surface area contributed by atoms with Crippen molar-refractivity contribution < 1.29 is 8.95 Å². The van der Waals surface area contributed by atoms with E-state index in [0.29, 0.717) is 12.4 Å². The second kappa shape index (κ2) is 5.97. The van der Waals surface area contributed by atoms with E-state index in [1.165, 1.54) is 0 Å². The average Bonchev–Trinajstić information content (AvgIpc) is 2.72. The van der Waals surface area contributed by atoms with Gasteiger partial charge in [0.25, 0.3) is 0 Å². The van der Waals surface area contributed by atoms with Crippen molar-refractivity contribution in [3.05, 3.63) is 35.9 Å². The Labute approximate surface area is 115 Å². The third-order valence-electron chi connectivity index (χ3n) is 2.84. The number of hydrogen-bond donors (Lipinski definition) is 0. The molecule has 0 aliphatic heterocycles. The third kappa shape index (κ3) is 3.20. The zero-order chi connectivity index (χ0) is 13.8. The molecule has 0 aliphatic carbocycles. The van der Waals surface area contributed by atoms with Gasteiger partial charge in [-0.3, -0.25) is 4.21 Å². The Morgan fingerprint density at radius 1 is 1.26 bits per heavy atom. The number of hydrogen-bond acceptors (Lipinski definition) is 4. The number of aryl methyl sites for hydroxylation is 1. The van der Waals surface area contributed by atoms with E-state index < -0.39 is 10.8 Å². The van der Waals surface area contributed by atoms with Crippen LogP contribution in [0.2, 0.25) is 0 Å². The van der Waals surface area contributed by atoms with Gasteiger partial charge in [0.05, 0.1) is 23.2 Å². The van der Waals surface area contributed by atoms with Crippen LogP contribution >= 0.6 is 0 Å². The molecule has 1 heterocycles. The topological polar surface area (TPSA) is 57.0 Å². The van der Waals surface area contributed by atoms with E-state index in [1.807, 2.05) is 49.7 Å². The molecular formula is C13H17N3O2S. The lowest BCUT2D eigenvalue weighted by Crippen LogP contribution is -2.04. The fraction of sp³-hybridized carbons (Fsp3) is 0.385. The summed E-state index contributed by atoms with van der Waals surface area (Å²) in [5.41, 5.74) is 0. The Balaban J connectivity index is 2.09. The molecule has 5 nitrogen and oxygen atoms in total. The smallest absolute Gasteiger partial charge is 0.145 e. The van der Waals surface area contributed by atoms with Gasteiger partial charge in [0.1, 0.15) is 17.4 Å². The molecular weight excluding hydrogens is 262 g/mol. The second-order valence-corrected chi connectivity index (χ2v) is 5.57. The predicted molar refractivity (Wildman–Crippen MR) is 73.5 cm³/mol. The first-order chi connectivity index (χ1) is 9.11. The fourth-order valence-electron chi connectivity index (χ4n) is 1.63. The number of benzene rings is 1. The van der Waals surface area contributed by atoms with Crippen LogP contribution in [-0.4, -0.2) is 25.6 Å². The van der Waals surface area contributed by atoms with Crippen LogP contribution in [0.3, 0.4) is 0 Å². The molecule has 19 heavy (non-hydrogen) atoms. The Hall–Kier alpha value is -1.69. The van der Waals surface area contributed by atoms with E-state index in [4.69, 9.17) is 4.74 Å². The highest BCUT2D eigenvalue weighted by atomic mass is 32.2. The van der Waals surface area contributed by atoms with Gasteiger partial charge in [-0.05, 0) is 38.1 Å². The van der Waals surface area contributed by atoms with Crippen molar-refractivity contribution in [3.63, 3.8) is 0 Å². The first-order valence-electron chi connectivity index (χ1n) is 6.08. The van der Waals surface area contributed by atoms with Gasteiger partial charge in [0.2, 0.25) is 0 Å². The van der Waals surface area contributed by atoms with Crippen molar-refractivity contribution >= 4 is 10.8 Å². The quantitative estimate of drug-likeness (QED) is 0.838. The van der Waals surface area contributed by atoms with Crippen LogP contribution in [0.5, 0.6) is 5.75 Å². The van der Waals surface area contributed by atoms with E-state index in [0.717, 1.165) is 22.3 Å². The van der Waals surface area contributed by atoms with Gasteiger partial charge in [-0.1, -0.05) is 0 Å². The van der Waals surface area contributed by atoms with Crippen LogP contribution in [0.25, 0.3) is 0 Å². The van der Waals surface area contributed by atoms with Crippen LogP contribution in [0.1, 0.15) is 18.6 Å². The standard InChI is InChI=1S/C13H17N3O2S/c1-4-18-11-5-7-12(8-6-11)19(17)9-13-15-14-10(2)16(13)3/h5-8H,4,9H2,1-3H3. The minimum Gasteiger partial charge on any atom is -0.494 e. The largest absolute Gasteiger partial charge is 0.494 e. The summed E-state index contributed by atoms with van der Waals surface area (Å²) in [5, 5.41) is 7.98. The average molecular weight is 279 g/mol. The summed E-state index contributed by atoms with van der Waals surface area (Å²) in [5.74, 6) is 2.70. The van der Waals surface area contributed by atoms with E-state index in [9.17, 15) is 4.21 Å². The zero-order valence-electron chi connectivity index (χ0n) is 11.3. The molecule has 0 saturated carbocycles. The van der Waals surface area contributed by atoms with E-state index in [2.05, 4.69) is 10.2 Å². The van der Waals surface area contributed by atoms with Gasteiger partial charge >= 0.3 is 0 Å². The molecule has 0 fully saturated rings. The normalized spacial score (nSPS) is 12.4. The molecule has 1 aromatic heterocycles. The molecule has 0 bridgehead atoms. The molecule has 0 saturated heterocycles. The van der Waals surface area contributed by atoms with Gasteiger partial charge in [0, 0.05) is 11.9 Å². The number of aromatic nitrogens is 3. The molecule has 1 unspecified atom stereocenters. The molecule has 0 amide bonds. The molecule has 0 radical (unpaired) electrons. The maximum absolute atomic E-state index is 12.2. The molecule has 2 aromatic rings. The lowest BCUT2D eigenvalue weighted by molar-refractivity contribution is 0.340. The molecule has 0 spiro atoms. The summed E-state index contributed by atoms with van der Waals surface area (Å²) in [6, 6.07) is 7.31. The molecule has 1 aromatic carbocycles. The van der Waals surface area contributed by atoms with Crippen LogP contribution in [0.4, 0.5) is 0 Å². The van der Waals surface area contributed by atoms with Gasteiger partial charge in [-0.25, -0.2) is 0 Å². The summed E-state index contributed by atoms with van der Waals surface area (Å²) in [6.07, 6.45) is 0. The van der Waals surface area contributed by atoms with Crippen LogP contribution in [0.15, 0.2) is 29.2 Å². The Morgan fingerprint density at radius 3 is 2.47 bits per heavy atom. The maximum atomic E-state index is 12.2. The molecule has 2 rings (SSSR count). The highest BCUT2D eigenvalue weighted by molar-refractivity contribution is 7.84. The van der Waals surface area contributed by atoms with Crippen molar-refractivity contribution in [3.8, 4) is 5.75 Å². The summed E-state index contributed by atoms with van der Waals surface area (Å²) in [6.45, 7) is 4.43. The zero-order valence-corrected chi connectivity index (χ0v) is 12.1. The Bertz CT molecular complexity index is 578. The summed E-state index contributed by atoms with van der Waals surface area (Å²) < 4.78 is 19.4. The second-order valence-electron chi connectivity index (χ2n) is 4.12. The van der Waals surface area contributed by atoms with Gasteiger partial charge in [-0.15, -0.1) is 10.2 Å². The van der Waals surface area contributed by atoms with E-state index in [-0.39, 0.29) is 0 Å².